The van der Waals surface area contributed by atoms with Crippen LogP contribution in [0.4, 0.5) is 11.5 Å². The molecule has 0 spiro atoms. The number of nitrogen functional groups attached to an aromatic ring is 1. The zero-order valence-electron chi connectivity index (χ0n) is 23.3. The van der Waals surface area contributed by atoms with Crippen LogP contribution in [0, 0.1) is 0 Å². The first-order valence-corrected chi connectivity index (χ1v) is 13.9. The van der Waals surface area contributed by atoms with Gasteiger partial charge in [0.1, 0.15) is 11.8 Å². The number of para-hydroxylation sites is 1. The minimum atomic E-state index is -0.793. The summed E-state index contributed by atoms with van der Waals surface area (Å²) in [6.07, 6.45) is 3.48. The van der Waals surface area contributed by atoms with E-state index in [1.165, 1.54) is 6.33 Å². The summed E-state index contributed by atoms with van der Waals surface area (Å²) in [5, 5.41) is 14.8. The number of nitrogens with two attached hydrogens (primary N) is 1. The van der Waals surface area contributed by atoms with Crippen molar-refractivity contribution in [1.29, 1.82) is 0 Å². The van der Waals surface area contributed by atoms with Gasteiger partial charge < -0.3 is 16.4 Å². The van der Waals surface area contributed by atoms with Gasteiger partial charge in [0.15, 0.2) is 5.82 Å². The van der Waals surface area contributed by atoms with Gasteiger partial charge in [-0.25, -0.2) is 23.5 Å². The summed E-state index contributed by atoms with van der Waals surface area (Å²) in [7, 11) is 0. The number of hydrogen-bond acceptors (Lipinski definition) is 8. The van der Waals surface area contributed by atoms with Gasteiger partial charge in [-0.3, -0.25) is 9.59 Å². The molecule has 1 fully saturated rings. The molecule has 1 aliphatic heterocycles. The van der Waals surface area contributed by atoms with Crippen LogP contribution >= 0.6 is 0 Å². The molecule has 4 heterocycles. The second-order valence-electron chi connectivity index (χ2n) is 10.6. The maximum Gasteiger partial charge on any atom is 0.352 e. The Morgan fingerprint density at radius 1 is 1.05 bits per heavy atom. The number of hydrogen-bond donors (Lipinski definition) is 3. The first kappa shape index (κ1) is 27.1. The highest BCUT2D eigenvalue weighted by Crippen LogP contribution is 2.36. The summed E-state index contributed by atoms with van der Waals surface area (Å²) >= 11 is 0. The minimum absolute atomic E-state index is 0.349. The van der Waals surface area contributed by atoms with Crippen LogP contribution in [0.3, 0.4) is 0 Å². The van der Waals surface area contributed by atoms with Crippen molar-refractivity contribution >= 4 is 22.9 Å². The summed E-state index contributed by atoms with van der Waals surface area (Å²) in [6.45, 7) is 5.41. The van der Waals surface area contributed by atoms with Crippen LogP contribution in [-0.2, 0) is 0 Å². The number of aromatic nitrogens is 6. The quantitative estimate of drug-likeness (QED) is 0.284. The van der Waals surface area contributed by atoms with E-state index >= 15 is 0 Å². The average molecular weight is 566 g/mol. The monoisotopic (exact) mass is 565 g/mol. The van der Waals surface area contributed by atoms with Gasteiger partial charge in [0.05, 0.1) is 11.7 Å². The van der Waals surface area contributed by atoms with E-state index in [0.717, 1.165) is 57.5 Å². The SMILES string of the molecule is CC(C)n1nc(C(=O)Nc2ccc(-c3cc(C4CCNCC4)n4ncnc(N)c34)cc2)c(=O)n(-c2ccccc2)c1=O. The van der Waals surface area contributed by atoms with E-state index < -0.39 is 17.2 Å². The van der Waals surface area contributed by atoms with Crippen molar-refractivity contribution < 1.29 is 4.79 Å². The molecule has 2 aromatic carbocycles. The maximum atomic E-state index is 13.3. The molecule has 5 aromatic rings. The predicted octanol–water partition coefficient (Wildman–Crippen LogP) is 2.99. The fourth-order valence-corrected chi connectivity index (χ4v) is 5.42. The van der Waals surface area contributed by atoms with Gasteiger partial charge in [0.2, 0.25) is 5.69 Å². The summed E-state index contributed by atoms with van der Waals surface area (Å²) in [6, 6.07) is 17.4. The van der Waals surface area contributed by atoms with Gasteiger partial charge in [-0.1, -0.05) is 30.3 Å². The Morgan fingerprint density at radius 3 is 2.45 bits per heavy atom. The molecule has 4 N–H and O–H groups in total. The molecule has 0 atom stereocenters. The van der Waals surface area contributed by atoms with Crippen molar-refractivity contribution in [2.75, 3.05) is 24.1 Å². The number of benzene rings is 2. The summed E-state index contributed by atoms with van der Waals surface area (Å²) in [5.74, 6) is 0.0208. The Morgan fingerprint density at radius 2 is 1.76 bits per heavy atom. The number of rotatable bonds is 6. The van der Waals surface area contributed by atoms with Crippen molar-refractivity contribution in [3.63, 3.8) is 0 Å². The summed E-state index contributed by atoms with van der Waals surface area (Å²) < 4.78 is 3.99. The normalized spacial score (nSPS) is 14.0. The van der Waals surface area contributed by atoms with Gasteiger partial charge in [-0.2, -0.15) is 10.2 Å². The molecule has 12 nitrogen and oxygen atoms in total. The van der Waals surface area contributed by atoms with Crippen molar-refractivity contribution in [3.05, 3.63) is 99.2 Å². The number of nitrogens with zero attached hydrogens (tertiary/aromatic N) is 6. The third kappa shape index (κ3) is 4.85. The Hall–Kier alpha value is -5.10. The molecule has 0 aliphatic carbocycles. The molecule has 42 heavy (non-hydrogen) atoms. The molecule has 12 heteroatoms. The van der Waals surface area contributed by atoms with E-state index in [1.54, 1.807) is 56.3 Å². The Kier molecular flexibility index (Phi) is 7.13. The fraction of sp³-hybridized carbons (Fsp3) is 0.267. The molecule has 1 amide bonds. The number of piperidine rings is 1. The lowest BCUT2D eigenvalue weighted by Gasteiger charge is -2.22. The van der Waals surface area contributed by atoms with E-state index in [0.29, 0.717) is 23.1 Å². The van der Waals surface area contributed by atoms with Crippen LogP contribution in [0.25, 0.3) is 22.3 Å². The van der Waals surface area contributed by atoms with Crippen molar-refractivity contribution in [3.8, 4) is 16.8 Å². The van der Waals surface area contributed by atoms with Crippen LogP contribution in [-0.4, -0.2) is 47.9 Å². The molecule has 1 aliphatic rings. The highest BCUT2D eigenvalue weighted by molar-refractivity contribution is 6.02. The summed E-state index contributed by atoms with van der Waals surface area (Å²) in [4.78, 5) is 43.9. The van der Waals surface area contributed by atoms with Crippen LogP contribution in [0.15, 0.2) is 76.6 Å². The van der Waals surface area contributed by atoms with Crippen molar-refractivity contribution in [1.82, 2.24) is 34.3 Å². The first-order valence-electron chi connectivity index (χ1n) is 13.9. The molecule has 1 saturated heterocycles. The number of nitrogens with one attached hydrogen (secondary N) is 2. The van der Waals surface area contributed by atoms with Crippen LogP contribution in [0.5, 0.6) is 0 Å². The second kappa shape index (κ2) is 11.1. The number of carbonyl (C=O) groups is 1. The average Bonchev–Trinajstić information content (AvgIpc) is 3.39. The van der Waals surface area contributed by atoms with Gasteiger partial charge in [0, 0.05) is 22.9 Å². The van der Waals surface area contributed by atoms with E-state index in [4.69, 9.17) is 5.73 Å². The smallest absolute Gasteiger partial charge is 0.352 e. The van der Waals surface area contributed by atoms with E-state index in [-0.39, 0.29) is 11.7 Å². The molecule has 0 radical (unpaired) electrons. The van der Waals surface area contributed by atoms with Crippen molar-refractivity contribution in [2.45, 2.75) is 38.6 Å². The van der Waals surface area contributed by atoms with E-state index in [1.807, 2.05) is 16.6 Å². The standard InChI is InChI=1S/C30H31N9O3/c1-18(2)38-30(42)37(22-6-4-3-5-7-22)29(41)25(36-38)28(40)35-21-10-8-19(9-11-21)23-16-24(20-12-14-32-15-13-20)39-26(23)27(31)33-17-34-39/h3-11,16-18,20,32H,12-15H2,1-2H3,(H,35,40)(H2,31,33,34). The lowest BCUT2D eigenvalue weighted by Crippen LogP contribution is -2.45. The van der Waals surface area contributed by atoms with Gasteiger partial charge in [0.25, 0.3) is 11.5 Å². The zero-order chi connectivity index (χ0) is 29.4. The van der Waals surface area contributed by atoms with E-state index in [9.17, 15) is 14.4 Å². The lowest BCUT2D eigenvalue weighted by atomic mass is 9.94. The zero-order valence-corrected chi connectivity index (χ0v) is 23.3. The van der Waals surface area contributed by atoms with Gasteiger partial charge in [-0.05, 0) is 75.7 Å². The molecule has 214 valence electrons. The van der Waals surface area contributed by atoms with Crippen LogP contribution in [0.2, 0.25) is 0 Å². The third-order valence-electron chi connectivity index (χ3n) is 7.54. The highest BCUT2D eigenvalue weighted by atomic mass is 16.2. The predicted molar refractivity (Wildman–Crippen MR) is 160 cm³/mol. The number of fused-ring (bicyclic) bond motifs is 1. The molecular formula is C30H31N9O3. The van der Waals surface area contributed by atoms with Crippen LogP contribution < -0.4 is 27.6 Å². The topological polar surface area (TPSA) is 154 Å². The number of carbonyl (C=O) groups excluding carboxylic acids is 1. The molecular weight excluding hydrogens is 534 g/mol. The van der Waals surface area contributed by atoms with Crippen LogP contribution in [0.1, 0.15) is 54.8 Å². The first-order chi connectivity index (χ1) is 20.3. The Labute approximate surface area is 240 Å². The van der Waals surface area contributed by atoms with E-state index in [2.05, 4.69) is 31.9 Å². The van der Waals surface area contributed by atoms with Crippen molar-refractivity contribution in [2.24, 2.45) is 0 Å². The molecule has 3 aromatic heterocycles. The second-order valence-corrected chi connectivity index (χ2v) is 10.6. The van der Waals surface area contributed by atoms with Gasteiger partial charge >= 0.3 is 5.69 Å². The fourth-order valence-electron chi connectivity index (χ4n) is 5.42. The third-order valence-corrected chi connectivity index (χ3v) is 7.54. The lowest BCUT2D eigenvalue weighted by molar-refractivity contribution is 0.101. The minimum Gasteiger partial charge on any atom is -0.382 e. The molecule has 0 bridgehead atoms. The highest BCUT2D eigenvalue weighted by Gasteiger charge is 2.24. The number of amides is 1. The number of anilines is 2. The summed E-state index contributed by atoms with van der Waals surface area (Å²) in [5.41, 5.74) is 8.94. The molecule has 0 unspecified atom stereocenters. The van der Waals surface area contributed by atoms with Gasteiger partial charge in [-0.15, -0.1) is 0 Å². The Bertz CT molecular complexity index is 1880. The molecule has 0 saturated carbocycles. The Balaban J connectivity index is 1.33. The largest absolute Gasteiger partial charge is 0.382 e. The molecule has 6 rings (SSSR count). The maximum absolute atomic E-state index is 13.3.